The standard InChI is InChI=1S/C17H16ClNOS/c18-11-12-4-3-5-13(10-12)17(20)19-15-8-9-21-16-7-2-1-6-14(15)16/h1-7,10,15H,8-9,11H2,(H,19,20). The van der Waals surface area contributed by atoms with Gasteiger partial charge in [-0.25, -0.2) is 0 Å². The molecule has 3 rings (SSSR count). The summed E-state index contributed by atoms with van der Waals surface area (Å²) in [6.07, 6.45) is 0.961. The van der Waals surface area contributed by atoms with Gasteiger partial charge in [-0.1, -0.05) is 30.3 Å². The topological polar surface area (TPSA) is 29.1 Å². The van der Waals surface area contributed by atoms with Crippen LogP contribution in [-0.4, -0.2) is 11.7 Å². The van der Waals surface area contributed by atoms with Crippen LogP contribution in [0.2, 0.25) is 0 Å². The zero-order valence-electron chi connectivity index (χ0n) is 11.5. The second-order valence-corrected chi connectivity index (χ2v) is 6.44. The number of alkyl halides is 1. The SMILES string of the molecule is O=C(NC1CCSc2ccccc21)c1cccc(CCl)c1. The molecule has 0 radical (unpaired) electrons. The number of halogens is 1. The molecule has 0 fully saturated rings. The fraction of sp³-hybridized carbons (Fsp3) is 0.235. The van der Waals surface area contributed by atoms with Gasteiger partial charge < -0.3 is 5.32 Å². The van der Waals surface area contributed by atoms with Gasteiger partial charge in [0, 0.05) is 22.1 Å². The molecule has 1 amide bonds. The Balaban J connectivity index is 1.79. The van der Waals surface area contributed by atoms with Crippen LogP contribution in [0.5, 0.6) is 0 Å². The van der Waals surface area contributed by atoms with Crippen LogP contribution in [0.15, 0.2) is 53.4 Å². The van der Waals surface area contributed by atoms with Crippen molar-refractivity contribution in [3.05, 3.63) is 65.2 Å². The minimum absolute atomic E-state index is 0.0336. The Labute approximate surface area is 133 Å². The van der Waals surface area contributed by atoms with Gasteiger partial charge in [-0.15, -0.1) is 23.4 Å². The van der Waals surface area contributed by atoms with Crippen molar-refractivity contribution < 1.29 is 4.79 Å². The summed E-state index contributed by atoms with van der Waals surface area (Å²) in [7, 11) is 0. The highest BCUT2D eigenvalue weighted by atomic mass is 35.5. The molecule has 1 N–H and O–H groups in total. The lowest BCUT2D eigenvalue weighted by Crippen LogP contribution is -2.30. The van der Waals surface area contributed by atoms with Gasteiger partial charge in [-0.3, -0.25) is 4.79 Å². The molecule has 1 aliphatic rings. The molecule has 2 aromatic rings. The Hall–Kier alpha value is -1.45. The van der Waals surface area contributed by atoms with E-state index in [9.17, 15) is 4.79 Å². The van der Waals surface area contributed by atoms with Crippen molar-refractivity contribution in [1.82, 2.24) is 5.32 Å². The second-order valence-electron chi connectivity index (χ2n) is 5.04. The number of amides is 1. The number of nitrogens with one attached hydrogen (secondary N) is 1. The molecule has 0 saturated carbocycles. The first-order chi connectivity index (χ1) is 10.3. The number of hydrogen-bond acceptors (Lipinski definition) is 2. The number of thioether (sulfide) groups is 1. The highest BCUT2D eigenvalue weighted by Crippen LogP contribution is 2.35. The van der Waals surface area contributed by atoms with Crippen LogP contribution in [0.25, 0.3) is 0 Å². The van der Waals surface area contributed by atoms with Crippen LogP contribution in [0.1, 0.15) is 33.9 Å². The molecule has 0 aliphatic carbocycles. The third-order valence-electron chi connectivity index (χ3n) is 3.61. The summed E-state index contributed by atoms with van der Waals surface area (Å²) in [6, 6.07) is 15.9. The van der Waals surface area contributed by atoms with Crippen LogP contribution in [0.4, 0.5) is 0 Å². The fourth-order valence-corrected chi connectivity index (χ4v) is 3.82. The fourth-order valence-electron chi connectivity index (χ4n) is 2.53. The zero-order valence-corrected chi connectivity index (χ0v) is 13.1. The maximum Gasteiger partial charge on any atom is 0.251 e. The number of carbonyl (C=O) groups excluding carboxylic acids is 1. The molecule has 0 spiro atoms. The molecule has 2 nitrogen and oxygen atoms in total. The summed E-state index contributed by atoms with van der Waals surface area (Å²) < 4.78 is 0. The van der Waals surface area contributed by atoms with Crippen molar-refractivity contribution in [1.29, 1.82) is 0 Å². The van der Waals surface area contributed by atoms with E-state index in [2.05, 4.69) is 17.4 Å². The molecule has 0 saturated heterocycles. The van der Waals surface area contributed by atoms with Gasteiger partial charge in [-0.05, 0) is 35.7 Å². The van der Waals surface area contributed by atoms with E-state index in [1.54, 1.807) is 0 Å². The van der Waals surface area contributed by atoms with Crippen molar-refractivity contribution in [2.24, 2.45) is 0 Å². The molecule has 4 heteroatoms. The van der Waals surface area contributed by atoms with Gasteiger partial charge in [0.1, 0.15) is 0 Å². The summed E-state index contributed by atoms with van der Waals surface area (Å²) in [5.41, 5.74) is 2.85. The minimum atomic E-state index is -0.0336. The molecule has 1 atom stereocenters. The van der Waals surface area contributed by atoms with E-state index in [0.717, 1.165) is 17.7 Å². The van der Waals surface area contributed by atoms with E-state index < -0.39 is 0 Å². The molecular formula is C17H16ClNOS. The smallest absolute Gasteiger partial charge is 0.251 e. The molecular weight excluding hydrogens is 302 g/mol. The third kappa shape index (κ3) is 3.25. The average molecular weight is 318 g/mol. The van der Waals surface area contributed by atoms with E-state index in [1.165, 1.54) is 10.5 Å². The lowest BCUT2D eigenvalue weighted by Gasteiger charge is -2.26. The molecule has 1 unspecified atom stereocenters. The number of fused-ring (bicyclic) bond motifs is 1. The van der Waals surface area contributed by atoms with E-state index in [4.69, 9.17) is 11.6 Å². The first kappa shape index (κ1) is 14.5. The molecule has 1 aliphatic heterocycles. The van der Waals surface area contributed by atoms with E-state index in [1.807, 2.05) is 48.2 Å². The van der Waals surface area contributed by atoms with Gasteiger partial charge >= 0.3 is 0 Å². The first-order valence-corrected chi connectivity index (χ1v) is 8.47. The van der Waals surface area contributed by atoms with Crippen LogP contribution < -0.4 is 5.32 Å². The maximum atomic E-state index is 12.4. The second kappa shape index (κ2) is 6.54. The Morgan fingerprint density at radius 1 is 1.24 bits per heavy atom. The van der Waals surface area contributed by atoms with Gasteiger partial charge in [0.25, 0.3) is 5.91 Å². The van der Waals surface area contributed by atoms with Gasteiger partial charge in [-0.2, -0.15) is 0 Å². The summed E-state index contributed by atoms with van der Waals surface area (Å²) >= 11 is 7.68. The predicted molar refractivity (Wildman–Crippen MR) is 88.0 cm³/mol. The molecule has 0 aromatic heterocycles. The quantitative estimate of drug-likeness (QED) is 0.850. The summed E-state index contributed by atoms with van der Waals surface area (Å²) in [5.74, 6) is 1.42. The van der Waals surface area contributed by atoms with Gasteiger partial charge in [0.05, 0.1) is 6.04 Å². The predicted octanol–water partition coefficient (Wildman–Crippen LogP) is 4.39. The Morgan fingerprint density at radius 3 is 2.95 bits per heavy atom. The highest BCUT2D eigenvalue weighted by Gasteiger charge is 2.22. The molecule has 21 heavy (non-hydrogen) atoms. The molecule has 2 aromatic carbocycles. The van der Waals surface area contributed by atoms with E-state index in [-0.39, 0.29) is 11.9 Å². The number of rotatable bonds is 3. The van der Waals surface area contributed by atoms with Gasteiger partial charge in [0.15, 0.2) is 0 Å². The lowest BCUT2D eigenvalue weighted by molar-refractivity contribution is 0.0935. The molecule has 1 heterocycles. The van der Waals surface area contributed by atoms with Crippen molar-refractivity contribution in [3.63, 3.8) is 0 Å². The Morgan fingerprint density at radius 2 is 2.10 bits per heavy atom. The number of benzene rings is 2. The van der Waals surface area contributed by atoms with Crippen molar-refractivity contribution in [3.8, 4) is 0 Å². The third-order valence-corrected chi connectivity index (χ3v) is 5.04. The normalized spacial score (nSPS) is 17.1. The zero-order chi connectivity index (χ0) is 14.7. The molecule has 108 valence electrons. The van der Waals surface area contributed by atoms with Crippen LogP contribution >= 0.6 is 23.4 Å². The van der Waals surface area contributed by atoms with Crippen LogP contribution in [0, 0.1) is 0 Å². The highest BCUT2D eigenvalue weighted by molar-refractivity contribution is 7.99. The minimum Gasteiger partial charge on any atom is -0.345 e. The number of carbonyl (C=O) groups is 1. The van der Waals surface area contributed by atoms with Crippen LogP contribution in [-0.2, 0) is 5.88 Å². The molecule has 0 bridgehead atoms. The maximum absolute atomic E-state index is 12.4. The average Bonchev–Trinajstić information content (AvgIpc) is 2.55. The van der Waals surface area contributed by atoms with Crippen molar-refractivity contribution in [2.45, 2.75) is 23.2 Å². The Bertz CT molecular complexity index is 659. The summed E-state index contributed by atoms with van der Waals surface area (Å²) in [5, 5.41) is 3.15. The van der Waals surface area contributed by atoms with Crippen molar-refractivity contribution in [2.75, 3.05) is 5.75 Å². The monoisotopic (exact) mass is 317 g/mol. The van der Waals surface area contributed by atoms with Crippen molar-refractivity contribution >= 4 is 29.3 Å². The van der Waals surface area contributed by atoms with E-state index >= 15 is 0 Å². The summed E-state index contributed by atoms with van der Waals surface area (Å²) in [4.78, 5) is 13.7. The number of hydrogen-bond donors (Lipinski definition) is 1. The lowest BCUT2D eigenvalue weighted by atomic mass is 10.0. The first-order valence-electron chi connectivity index (χ1n) is 6.95. The largest absolute Gasteiger partial charge is 0.345 e. The summed E-state index contributed by atoms with van der Waals surface area (Å²) in [6.45, 7) is 0. The van der Waals surface area contributed by atoms with Crippen LogP contribution in [0.3, 0.4) is 0 Å². The van der Waals surface area contributed by atoms with Gasteiger partial charge in [0.2, 0.25) is 0 Å². The van der Waals surface area contributed by atoms with E-state index in [0.29, 0.717) is 11.4 Å². The Kier molecular flexibility index (Phi) is 4.51.